The average Bonchev–Trinajstić information content (AvgIpc) is 3.42. The van der Waals surface area contributed by atoms with Crippen molar-refractivity contribution in [2.75, 3.05) is 5.32 Å². The number of likely N-dealkylation sites (tertiary alicyclic amines) is 1. The first-order chi connectivity index (χ1) is 17.1. The molecule has 3 heterocycles. The van der Waals surface area contributed by atoms with E-state index in [4.69, 9.17) is 27.9 Å². The highest BCUT2D eigenvalue weighted by molar-refractivity contribution is 6.42. The zero-order valence-corrected chi connectivity index (χ0v) is 22.4. The molecule has 6 atom stereocenters. The Morgan fingerprint density at radius 3 is 2.53 bits per heavy atom. The largest absolute Gasteiger partial charge is 0.356 e. The van der Waals surface area contributed by atoms with E-state index < -0.39 is 29.1 Å². The van der Waals surface area contributed by atoms with Crippen LogP contribution in [0.1, 0.15) is 59.3 Å². The minimum atomic E-state index is -1.19. The molecule has 5 rings (SSSR count). The van der Waals surface area contributed by atoms with Crippen LogP contribution in [0.4, 0.5) is 5.69 Å². The number of rotatable bonds is 6. The second-order valence-electron chi connectivity index (χ2n) is 10.8. The number of carbonyl (C=O) groups is 3. The summed E-state index contributed by atoms with van der Waals surface area (Å²) in [6, 6.07) is 3.94. The fraction of sp³-hybridized carbons (Fsp3) is 0.593. The van der Waals surface area contributed by atoms with Gasteiger partial charge < -0.3 is 20.3 Å². The predicted octanol–water partition coefficient (Wildman–Crippen LogP) is 4.72. The SMILES string of the molecule is CC[C@H](C)N1C(=O)[C@@H]2[C@H](C(=O)Nc3ccc(Cl)c(Cl)c3)[C@]3(C)C=C[C@@]2(O3)[C@@H]1C(=O)NC1CCCCC1. The third kappa shape index (κ3) is 3.95. The van der Waals surface area contributed by atoms with E-state index in [1.807, 2.05) is 32.9 Å². The van der Waals surface area contributed by atoms with Gasteiger partial charge in [0.1, 0.15) is 11.6 Å². The molecule has 194 valence electrons. The number of hydrogen-bond donors (Lipinski definition) is 2. The van der Waals surface area contributed by atoms with Gasteiger partial charge in [0.2, 0.25) is 17.7 Å². The van der Waals surface area contributed by atoms with Crippen LogP contribution in [0, 0.1) is 11.8 Å². The number of nitrogens with one attached hydrogen (secondary N) is 2. The first kappa shape index (κ1) is 25.6. The van der Waals surface area contributed by atoms with Gasteiger partial charge in [-0.15, -0.1) is 0 Å². The van der Waals surface area contributed by atoms with Crippen molar-refractivity contribution < 1.29 is 19.1 Å². The molecule has 2 bridgehead atoms. The van der Waals surface area contributed by atoms with Crippen LogP contribution in [0.3, 0.4) is 0 Å². The van der Waals surface area contributed by atoms with Gasteiger partial charge in [-0.05, 0) is 51.3 Å². The Hall–Kier alpha value is -2.09. The van der Waals surface area contributed by atoms with Gasteiger partial charge in [-0.2, -0.15) is 0 Å². The zero-order chi connectivity index (χ0) is 25.8. The van der Waals surface area contributed by atoms with Crippen molar-refractivity contribution in [3.63, 3.8) is 0 Å². The summed E-state index contributed by atoms with van der Waals surface area (Å²) in [6.07, 6.45) is 9.61. The van der Waals surface area contributed by atoms with Gasteiger partial charge in [0.15, 0.2) is 0 Å². The molecule has 0 aromatic heterocycles. The Morgan fingerprint density at radius 1 is 1.14 bits per heavy atom. The molecule has 3 amide bonds. The van der Waals surface area contributed by atoms with Crippen molar-refractivity contribution in [3.05, 3.63) is 40.4 Å². The monoisotopic (exact) mass is 533 g/mol. The quantitative estimate of drug-likeness (QED) is 0.518. The van der Waals surface area contributed by atoms with Crippen LogP contribution in [0.25, 0.3) is 0 Å². The molecule has 7 nitrogen and oxygen atoms in total. The first-order valence-corrected chi connectivity index (χ1v) is 13.7. The average molecular weight is 534 g/mol. The molecule has 1 saturated carbocycles. The minimum absolute atomic E-state index is 0.0995. The summed E-state index contributed by atoms with van der Waals surface area (Å²) in [4.78, 5) is 43.1. The summed E-state index contributed by atoms with van der Waals surface area (Å²) in [6.45, 7) is 5.75. The van der Waals surface area contributed by atoms with Crippen molar-refractivity contribution in [2.24, 2.45) is 11.8 Å². The maximum absolute atomic E-state index is 14.0. The fourth-order valence-corrected chi connectivity index (χ4v) is 6.86. The number of ether oxygens (including phenoxy) is 1. The van der Waals surface area contributed by atoms with E-state index in [0.717, 1.165) is 25.7 Å². The molecule has 4 aliphatic rings. The second-order valence-corrected chi connectivity index (χ2v) is 11.6. The van der Waals surface area contributed by atoms with Gasteiger partial charge in [0, 0.05) is 17.8 Å². The molecule has 0 unspecified atom stereocenters. The molecular weight excluding hydrogens is 501 g/mol. The standard InChI is InChI=1S/C27H33Cl2N3O4/c1-4-15(2)32-22(24(34)30-16-8-6-5-7-9-16)27-13-12-26(3,36-27)20(21(27)25(32)35)23(33)31-17-10-11-18(28)19(29)14-17/h10-16,20-22H,4-9H2,1-3H3,(H,30,34)(H,31,33)/t15-,20+,21-,22-,26-,27-/m0/s1. The number of benzene rings is 1. The van der Waals surface area contributed by atoms with Crippen LogP contribution in [-0.2, 0) is 19.1 Å². The van der Waals surface area contributed by atoms with E-state index in [0.29, 0.717) is 22.2 Å². The Morgan fingerprint density at radius 2 is 1.86 bits per heavy atom. The van der Waals surface area contributed by atoms with Crippen molar-refractivity contribution in [2.45, 2.75) is 88.6 Å². The van der Waals surface area contributed by atoms with E-state index >= 15 is 0 Å². The third-order valence-electron chi connectivity index (χ3n) is 8.47. The lowest BCUT2D eigenvalue weighted by Gasteiger charge is -2.37. The topological polar surface area (TPSA) is 87.7 Å². The van der Waals surface area contributed by atoms with E-state index in [2.05, 4.69) is 10.6 Å². The second kappa shape index (κ2) is 9.34. The smallest absolute Gasteiger partial charge is 0.246 e. The number of hydrogen-bond acceptors (Lipinski definition) is 4. The van der Waals surface area contributed by atoms with Gasteiger partial charge >= 0.3 is 0 Å². The molecular formula is C27H33Cl2N3O4. The molecule has 1 aliphatic carbocycles. The van der Waals surface area contributed by atoms with E-state index in [1.165, 1.54) is 6.42 Å². The Labute approximate surface area is 221 Å². The summed E-state index contributed by atoms with van der Waals surface area (Å²) < 4.78 is 6.56. The molecule has 2 saturated heterocycles. The highest BCUT2D eigenvalue weighted by Gasteiger charge is 2.76. The maximum atomic E-state index is 14.0. The lowest BCUT2D eigenvalue weighted by atomic mass is 9.70. The predicted molar refractivity (Wildman–Crippen MR) is 139 cm³/mol. The van der Waals surface area contributed by atoms with Crippen molar-refractivity contribution in [1.29, 1.82) is 0 Å². The molecule has 1 spiro atoms. The highest BCUT2D eigenvalue weighted by atomic mass is 35.5. The van der Waals surface area contributed by atoms with E-state index in [9.17, 15) is 14.4 Å². The molecule has 2 N–H and O–H groups in total. The molecule has 1 aromatic carbocycles. The van der Waals surface area contributed by atoms with Crippen LogP contribution in [-0.4, -0.2) is 51.9 Å². The van der Waals surface area contributed by atoms with Gasteiger partial charge in [0.25, 0.3) is 0 Å². The van der Waals surface area contributed by atoms with E-state index in [1.54, 1.807) is 23.1 Å². The highest BCUT2D eigenvalue weighted by Crippen LogP contribution is 2.60. The normalized spacial score (nSPS) is 34.1. The molecule has 3 aliphatic heterocycles. The van der Waals surface area contributed by atoms with Gasteiger partial charge in [-0.25, -0.2) is 0 Å². The summed E-state index contributed by atoms with van der Waals surface area (Å²) >= 11 is 12.2. The number of amides is 3. The molecule has 36 heavy (non-hydrogen) atoms. The summed E-state index contributed by atoms with van der Waals surface area (Å²) in [5.41, 5.74) is -1.71. The van der Waals surface area contributed by atoms with Crippen molar-refractivity contribution >= 4 is 46.6 Å². The van der Waals surface area contributed by atoms with Crippen molar-refractivity contribution in [3.8, 4) is 0 Å². The van der Waals surface area contributed by atoms with E-state index in [-0.39, 0.29) is 29.8 Å². The Balaban J connectivity index is 1.48. The fourth-order valence-electron chi connectivity index (χ4n) is 6.56. The molecule has 1 aromatic rings. The lowest BCUT2D eigenvalue weighted by molar-refractivity contribution is -0.146. The van der Waals surface area contributed by atoms with Gasteiger partial charge in [-0.1, -0.05) is 61.5 Å². The van der Waals surface area contributed by atoms with Crippen molar-refractivity contribution in [1.82, 2.24) is 10.2 Å². The Kier molecular flexibility index (Phi) is 6.63. The van der Waals surface area contributed by atoms with Crippen LogP contribution in [0.2, 0.25) is 10.0 Å². The minimum Gasteiger partial charge on any atom is -0.356 e. The molecule has 3 fully saturated rings. The van der Waals surface area contributed by atoms with Gasteiger partial charge in [0.05, 0.1) is 27.5 Å². The summed E-state index contributed by atoms with van der Waals surface area (Å²) in [5.74, 6) is -2.36. The first-order valence-electron chi connectivity index (χ1n) is 12.9. The van der Waals surface area contributed by atoms with Gasteiger partial charge in [-0.3, -0.25) is 14.4 Å². The number of fused-ring (bicyclic) bond motifs is 1. The number of halogens is 2. The zero-order valence-electron chi connectivity index (χ0n) is 20.9. The Bertz CT molecular complexity index is 1120. The third-order valence-corrected chi connectivity index (χ3v) is 9.21. The van der Waals surface area contributed by atoms with Crippen LogP contribution in [0.15, 0.2) is 30.4 Å². The molecule has 9 heteroatoms. The number of carbonyl (C=O) groups excluding carboxylic acids is 3. The number of anilines is 1. The van der Waals surface area contributed by atoms with Crippen LogP contribution >= 0.6 is 23.2 Å². The summed E-state index contributed by atoms with van der Waals surface area (Å²) in [7, 11) is 0. The van der Waals surface area contributed by atoms with Crippen LogP contribution in [0.5, 0.6) is 0 Å². The maximum Gasteiger partial charge on any atom is 0.246 e. The molecule has 0 radical (unpaired) electrons. The number of nitrogens with zero attached hydrogens (tertiary/aromatic N) is 1. The van der Waals surface area contributed by atoms with Crippen LogP contribution < -0.4 is 10.6 Å². The summed E-state index contributed by atoms with van der Waals surface area (Å²) in [5, 5.41) is 6.81. The lowest BCUT2D eigenvalue weighted by Crippen LogP contribution is -2.58.